The smallest absolute Gasteiger partial charge is 0.180 e. The minimum atomic E-state index is -0.609. The zero-order valence-corrected chi connectivity index (χ0v) is 18.7. The molecule has 2 unspecified atom stereocenters. The normalized spacial score (nSPS) is 13.0. The minimum absolute atomic E-state index is 0.178. The van der Waals surface area contributed by atoms with Crippen molar-refractivity contribution in [3.8, 4) is 5.75 Å². The predicted octanol–water partition coefficient (Wildman–Crippen LogP) is 6.91. The summed E-state index contributed by atoms with van der Waals surface area (Å²) in [6.07, 6.45) is -0.489. The van der Waals surface area contributed by atoms with Gasteiger partial charge in [-0.25, -0.2) is 0 Å². The first kappa shape index (κ1) is 21.8. The van der Waals surface area contributed by atoms with Crippen LogP contribution in [0.15, 0.2) is 72.8 Å². The van der Waals surface area contributed by atoms with E-state index in [0.29, 0.717) is 22.2 Å². The minimum Gasteiger partial charge on any atom is -0.489 e. The van der Waals surface area contributed by atoms with Gasteiger partial charge in [0.05, 0.1) is 5.02 Å². The highest BCUT2D eigenvalue weighted by Crippen LogP contribution is 2.32. The summed E-state index contributed by atoms with van der Waals surface area (Å²) in [6, 6.07) is 22.3. The van der Waals surface area contributed by atoms with Crippen LogP contribution in [-0.4, -0.2) is 17.7 Å². The fourth-order valence-corrected chi connectivity index (χ4v) is 4.16. The Morgan fingerprint density at radius 3 is 2.31 bits per heavy atom. The average molecular weight is 494 g/mol. The zero-order valence-electron chi connectivity index (χ0n) is 15.6. The van der Waals surface area contributed by atoms with Crippen molar-refractivity contribution in [1.82, 2.24) is 0 Å². The maximum Gasteiger partial charge on any atom is 0.180 e. The molecule has 0 aromatic heterocycles. The number of hydrogen-bond acceptors (Lipinski definition) is 3. The second kappa shape index (κ2) is 10.3. The van der Waals surface area contributed by atoms with Crippen LogP contribution in [0.1, 0.15) is 27.6 Å². The topological polar surface area (TPSA) is 35.5 Å². The first-order valence-corrected chi connectivity index (χ1v) is 10.6. The molecule has 0 bridgehead atoms. The third-order valence-electron chi connectivity index (χ3n) is 4.42. The molecule has 0 N–H and O–H groups in total. The van der Waals surface area contributed by atoms with Crippen molar-refractivity contribution < 1.29 is 14.3 Å². The molecule has 3 aromatic carbocycles. The number of Topliss-reactive ketones (excluding diaryl/α,β-unsaturated/α-hetero) is 1. The van der Waals surface area contributed by atoms with E-state index in [9.17, 15) is 4.79 Å². The lowest BCUT2D eigenvalue weighted by Crippen LogP contribution is -2.24. The molecule has 0 amide bonds. The molecule has 0 saturated heterocycles. The molecule has 0 aliphatic rings. The summed E-state index contributed by atoms with van der Waals surface area (Å²) < 4.78 is 11.4. The van der Waals surface area contributed by atoms with E-state index in [1.807, 2.05) is 54.6 Å². The molecule has 0 fully saturated rings. The van der Waals surface area contributed by atoms with Crippen molar-refractivity contribution in [1.29, 1.82) is 0 Å². The molecule has 29 heavy (non-hydrogen) atoms. The fourth-order valence-electron chi connectivity index (χ4n) is 2.89. The number of benzene rings is 3. The number of alkyl halides is 1. The first-order chi connectivity index (χ1) is 14.0. The lowest BCUT2D eigenvalue weighted by molar-refractivity contribution is 0.0770. The van der Waals surface area contributed by atoms with Crippen molar-refractivity contribution in [2.45, 2.75) is 17.5 Å². The fraction of sp³-hybridized carbons (Fsp3) is 0.174. The lowest BCUT2D eigenvalue weighted by Gasteiger charge is -2.21. The van der Waals surface area contributed by atoms with Gasteiger partial charge in [-0.1, -0.05) is 81.6 Å². The Bertz CT molecular complexity index is 962. The Morgan fingerprint density at radius 2 is 1.69 bits per heavy atom. The van der Waals surface area contributed by atoms with E-state index in [0.717, 1.165) is 16.9 Å². The van der Waals surface area contributed by atoms with Gasteiger partial charge in [0.2, 0.25) is 0 Å². The van der Waals surface area contributed by atoms with Crippen LogP contribution in [0.5, 0.6) is 5.75 Å². The molecule has 0 spiro atoms. The van der Waals surface area contributed by atoms with Gasteiger partial charge in [-0.05, 0) is 41.5 Å². The van der Waals surface area contributed by atoms with Crippen LogP contribution < -0.4 is 4.74 Å². The molecule has 0 saturated carbocycles. The molecule has 3 aromatic rings. The van der Waals surface area contributed by atoms with Crippen molar-refractivity contribution >= 4 is 44.9 Å². The summed E-state index contributed by atoms with van der Waals surface area (Å²) in [5, 5.41) is 0.790. The van der Waals surface area contributed by atoms with Crippen LogP contribution in [0, 0.1) is 0 Å². The molecule has 3 nitrogen and oxygen atoms in total. The van der Waals surface area contributed by atoms with E-state index in [1.165, 1.54) is 0 Å². The summed E-state index contributed by atoms with van der Waals surface area (Å²) >= 11 is 15.6. The molecule has 150 valence electrons. The predicted molar refractivity (Wildman–Crippen MR) is 120 cm³/mol. The molecular weight excluding hydrogens is 475 g/mol. The number of ketones is 1. The monoisotopic (exact) mass is 492 g/mol. The van der Waals surface area contributed by atoms with Crippen LogP contribution in [0.25, 0.3) is 0 Å². The van der Waals surface area contributed by atoms with Crippen molar-refractivity contribution in [3.63, 3.8) is 0 Å². The zero-order chi connectivity index (χ0) is 20.8. The Labute approximate surface area is 188 Å². The molecule has 6 heteroatoms. The second-order valence-corrected chi connectivity index (χ2v) is 8.22. The Hall–Kier alpha value is -1.85. The number of methoxy groups -OCH3 is 1. The van der Waals surface area contributed by atoms with Gasteiger partial charge in [-0.2, -0.15) is 0 Å². The third kappa shape index (κ3) is 5.61. The summed E-state index contributed by atoms with van der Waals surface area (Å²) in [5.74, 6) is 0.563. The second-order valence-electron chi connectivity index (χ2n) is 6.39. The largest absolute Gasteiger partial charge is 0.489 e. The molecule has 0 aliphatic heterocycles. The molecule has 0 radical (unpaired) electrons. The molecule has 0 aliphatic carbocycles. The van der Waals surface area contributed by atoms with E-state index >= 15 is 0 Å². The highest BCUT2D eigenvalue weighted by atomic mass is 79.9. The van der Waals surface area contributed by atoms with Crippen molar-refractivity contribution in [2.24, 2.45) is 0 Å². The number of hydrogen-bond donors (Lipinski definition) is 0. The van der Waals surface area contributed by atoms with E-state index < -0.39 is 10.9 Å². The molecule has 0 heterocycles. The van der Waals surface area contributed by atoms with E-state index in [-0.39, 0.29) is 5.78 Å². The van der Waals surface area contributed by atoms with E-state index in [1.54, 1.807) is 25.3 Å². The van der Waals surface area contributed by atoms with Crippen LogP contribution in [-0.2, 0) is 11.3 Å². The number of carbonyl (C=O) groups excluding carboxylic acids is 1. The highest BCUT2D eigenvalue weighted by molar-refractivity contribution is 9.10. The Morgan fingerprint density at radius 1 is 1.00 bits per heavy atom. The molecule has 3 rings (SSSR count). The molecule has 2 atom stereocenters. The summed E-state index contributed by atoms with van der Waals surface area (Å²) in [6.45, 7) is 0.489. The SMILES string of the molecule is COC(c1ccc(OCc2ccccc2)cc1)C(Br)C(=O)c1ccc(Cl)cc1Cl. The van der Waals surface area contributed by atoms with Crippen LogP contribution in [0.3, 0.4) is 0 Å². The van der Waals surface area contributed by atoms with Gasteiger partial charge in [0.1, 0.15) is 23.3 Å². The maximum absolute atomic E-state index is 12.9. The lowest BCUT2D eigenvalue weighted by atomic mass is 9.99. The van der Waals surface area contributed by atoms with Gasteiger partial charge in [-0.15, -0.1) is 0 Å². The number of rotatable bonds is 8. The first-order valence-electron chi connectivity index (χ1n) is 8.92. The van der Waals surface area contributed by atoms with Crippen LogP contribution >= 0.6 is 39.1 Å². The number of ether oxygens (including phenoxy) is 2. The highest BCUT2D eigenvalue weighted by Gasteiger charge is 2.29. The van der Waals surface area contributed by atoms with Crippen molar-refractivity contribution in [3.05, 3.63) is 99.5 Å². The van der Waals surface area contributed by atoms with Gasteiger partial charge in [0.15, 0.2) is 5.78 Å². The Balaban J connectivity index is 1.70. The quantitative estimate of drug-likeness (QED) is 0.252. The standard InChI is InChI=1S/C23H19BrCl2O3/c1-28-23(21(24)22(27)19-12-9-17(25)13-20(19)26)16-7-10-18(11-8-16)29-14-15-5-3-2-4-6-15/h2-13,21,23H,14H2,1H3. The average Bonchev–Trinajstić information content (AvgIpc) is 2.74. The van der Waals surface area contributed by atoms with Gasteiger partial charge in [-0.3, -0.25) is 4.79 Å². The van der Waals surface area contributed by atoms with E-state index in [4.69, 9.17) is 32.7 Å². The number of halogens is 3. The van der Waals surface area contributed by atoms with Gasteiger partial charge in [0, 0.05) is 17.7 Å². The van der Waals surface area contributed by atoms with Gasteiger partial charge in [0.25, 0.3) is 0 Å². The van der Waals surface area contributed by atoms with Crippen LogP contribution in [0.4, 0.5) is 0 Å². The van der Waals surface area contributed by atoms with Gasteiger partial charge >= 0.3 is 0 Å². The van der Waals surface area contributed by atoms with E-state index in [2.05, 4.69) is 15.9 Å². The summed E-state index contributed by atoms with van der Waals surface area (Å²) in [7, 11) is 1.56. The molecular formula is C23H19BrCl2O3. The van der Waals surface area contributed by atoms with Crippen LogP contribution in [0.2, 0.25) is 10.0 Å². The van der Waals surface area contributed by atoms with Gasteiger partial charge < -0.3 is 9.47 Å². The third-order valence-corrected chi connectivity index (χ3v) is 5.87. The summed E-state index contributed by atoms with van der Waals surface area (Å²) in [4.78, 5) is 12.3. The Kier molecular flexibility index (Phi) is 7.73. The van der Waals surface area contributed by atoms with Crippen molar-refractivity contribution in [2.75, 3.05) is 7.11 Å². The number of carbonyl (C=O) groups is 1. The maximum atomic E-state index is 12.9. The summed E-state index contributed by atoms with van der Waals surface area (Å²) in [5.41, 5.74) is 2.33.